The van der Waals surface area contributed by atoms with Gasteiger partial charge in [0.2, 0.25) is 0 Å². The molecule has 21 heavy (non-hydrogen) atoms. The fourth-order valence-corrected chi connectivity index (χ4v) is 2.07. The van der Waals surface area contributed by atoms with E-state index in [-0.39, 0.29) is 5.78 Å². The molecular weight excluding hydrogens is 265 g/mol. The number of para-hydroxylation sites is 1. The Morgan fingerprint density at radius 1 is 1.00 bits per heavy atom. The van der Waals surface area contributed by atoms with Gasteiger partial charge < -0.3 is 0 Å². The molecule has 3 aromatic rings. The fraction of sp³-hybridized carbons (Fsp3) is 0. The number of allylic oxidation sites excluding steroid dienone is 1. The molecule has 0 aliphatic heterocycles. The van der Waals surface area contributed by atoms with Crippen LogP contribution in [0.5, 0.6) is 0 Å². The second-order valence-corrected chi connectivity index (χ2v) is 4.64. The van der Waals surface area contributed by atoms with E-state index in [1.165, 1.54) is 24.3 Å². The third-order valence-electron chi connectivity index (χ3n) is 3.13. The molecule has 0 saturated carbocycles. The molecule has 2 nitrogen and oxygen atoms in total. The topological polar surface area (TPSA) is 30.0 Å². The van der Waals surface area contributed by atoms with E-state index in [0.29, 0.717) is 11.3 Å². The van der Waals surface area contributed by atoms with Crippen LogP contribution in [0.2, 0.25) is 0 Å². The first-order valence-corrected chi connectivity index (χ1v) is 6.56. The molecule has 0 aliphatic rings. The van der Waals surface area contributed by atoms with Gasteiger partial charge in [0.1, 0.15) is 5.82 Å². The number of ketones is 1. The van der Waals surface area contributed by atoms with Crippen LogP contribution in [0.4, 0.5) is 4.39 Å². The van der Waals surface area contributed by atoms with Crippen LogP contribution in [-0.4, -0.2) is 10.8 Å². The molecule has 1 heterocycles. The number of carbonyl (C=O) groups excluding carboxylic acids is 1. The first kappa shape index (κ1) is 13.2. The van der Waals surface area contributed by atoms with Crippen LogP contribution >= 0.6 is 0 Å². The minimum absolute atomic E-state index is 0.246. The second kappa shape index (κ2) is 5.67. The molecule has 0 fully saturated rings. The summed E-state index contributed by atoms with van der Waals surface area (Å²) in [5.41, 5.74) is 1.89. The van der Waals surface area contributed by atoms with Gasteiger partial charge in [-0.25, -0.2) is 9.37 Å². The molecule has 0 unspecified atom stereocenters. The fourth-order valence-electron chi connectivity index (χ4n) is 2.07. The minimum atomic E-state index is -0.418. The Hall–Kier alpha value is -2.81. The zero-order chi connectivity index (χ0) is 14.7. The number of halogens is 1. The molecule has 0 radical (unpaired) electrons. The van der Waals surface area contributed by atoms with E-state index < -0.39 is 5.82 Å². The summed E-state index contributed by atoms with van der Waals surface area (Å²) < 4.78 is 13.1. The van der Waals surface area contributed by atoms with Crippen LogP contribution < -0.4 is 0 Å². The van der Waals surface area contributed by atoms with Gasteiger partial charge in [-0.05, 0) is 36.4 Å². The SMILES string of the molecule is O=C(/C=C/c1ccc2ccccc2n1)c1cccc(F)c1. The molecule has 0 amide bonds. The second-order valence-electron chi connectivity index (χ2n) is 4.64. The quantitative estimate of drug-likeness (QED) is 0.528. The maximum atomic E-state index is 13.1. The summed E-state index contributed by atoms with van der Waals surface area (Å²) in [6.45, 7) is 0. The van der Waals surface area contributed by atoms with Crippen molar-refractivity contribution in [1.82, 2.24) is 4.98 Å². The normalized spacial score (nSPS) is 11.1. The maximum Gasteiger partial charge on any atom is 0.186 e. The van der Waals surface area contributed by atoms with E-state index in [2.05, 4.69) is 4.98 Å². The number of hydrogen-bond donors (Lipinski definition) is 0. The summed E-state index contributed by atoms with van der Waals surface area (Å²) in [7, 11) is 0. The molecule has 3 rings (SSSR count). The summed E-state index contributed by atoms with van der Waals surface area (Å²) >= 11 is 0. The Labute approximate surface area is 121 Å². The van der Waals surface area contributed by atoms with Gasteiger partial charge in [0.15, 0.2) is 5.78 Å². The molecular formula is C18H12FNO. The lowest BCUT2D eigenvalue weighted by atomic mass is 10.1. The highest BCUT2D eigenvalue weighted by Crippen LogP contribution is 2.13. The molecule has 0 saturated heterocycles. The van der Waals surface area contributed by atoms with Gasteiger partial charge >= 0.3 is 0 Å². The minimum Gasteiger partial charge on any atom is -0.289 e. The standard InChI is InChI=1S/C18H12FNO/c19-15-6-3-5-14(12-15)18(21)11-10-16-9-8-13-4-1-2-7-17(13)20-16/h1-12H/b11-10+. The summed E-state index contributed by atoms with van der Waals surface area (Å²) in [6, 6.07) is 17.2. The van der Waals surface area contributed by atoms with Gasteiger partial charge in [0.05, 0.1) is 11.2 Å². The van der Waals surface area contributed by atoms with Gasteiger partial charge in [-0.3, -0.25) is 4.79 Å². The Morgan fingerprint density at radius 2 is 1.86 bits per heavy atom. The van der Waals surface area contributed by atoms with Crippen LogP contribution in [0, 0.1) is 5.82 Å². The third kappa shape index (κ3) is 3.03. The molecule has 0 atom stereocenters. The zero-order valence-electron chi connectivity index (χ0n) is 11.2. The highest BCUT2D eigenvalue weighted by atomic mass is 19.1. The number of benzene rings is 2. The van der Waals surface area contributed by atoms with E-state index >= 15 is 0 Å². The predicted octanol–water partition coefficient (Wildman–Crippen LogP) is 4.27. The van der Waals surface area contributed by atoms with Crippen LogP contribution in [0.25, 0.3) is 17.0 Å². The van der Waals surface area contributed by atoms with Crippen molar-refractivity contribution in [2.24, 2.45) is 0 Å². The van der Waals surface area contributed by atoms with Gasteiger partial charge in [0, 0.05) is 10.9 Å². The van der Waals surface area contributed by atoms with Crippen molar-refractivity contribution < 1.29 is 9.18 Å². The number of carbonyl (C=O) groups is 1. The number of rotatable bonds is 3. The molecule has 102 valence electrons. The van der Waals surface area contributed by atoms with Crippen LogP contribution in [0.15, 0.2) is 66.7 Å². The number of hydrogen-bond acceptors (Lipinski definition) is 2. The lowest BCUT2D eigenvalue weighted by Crippen LogP contribution is -1.94. The predicted molar refractivity (Wildman–Crippen MR) is 81.5 cm³/mol. The molecule has 2 aromatic carbocycles. The number of pyridine rings is 1. The Morgan fingerprint density at radius 3 is 2.71 bits per heavy atom. The number of nitrogens with zero attached hydrogens (tertiary/aromatic N) is 1. The van der Waals surface area contributed by atoms with Crippen molar-refractivity contribution in [3.8, 4) is 0 Å². The molecule has 0 N–H and O–H groups in total. The van der Waals surface area contributed by atoms with Crippen molar-refractivity contribution in [2.75, 3.05) is 0 Å². The van der Waals surface area contributed by atoms with E-state index in [1.54, 1.807) is 12.1 Å². The molecule has 0 aliphatic carbocycles. The third-order valence-corrected chi connectivity index (χ3v) is 3.13. The van der Waals surface area contributed by atoms with Gasteiger partial charge in [-0.1, -0.05) is 36.4 Å². The smallest absolute Gasteiger partial charge is 0.186 e. The summed E-state index contributed by atoms with van der Waals surface area (Å²) in [5.74, 6) is -0.664. The number of fused-ring (bicyclic) bond motifs is 1. The monoisotopic (exact) mass is 277 g/mol. The Bertz CT molecular complexity index is 839. The van der Waals surface area contributed by atoms with E-state index in [4.69, 9.17) is 0 Å². The Kier molecular flexibility index (Phi) is 3.56. The summed E-state index contributed by atoms with van der Waals surface area (Å²) in [4.78, 5) is 16.4. The zero-order valence-corrected chi connectivity index (χ0v) is 11.2. The first-order chi connectivity index (χ1) is 10.2. The van der Waals surface area contributed by atoms with Crippen LogP contribution in [-0.2, 0) is 0 Å². The molecule has 1 aromatic heterocycles. The summed E-state index contributed by atoms with van der Waals surface area (Å²) in [5, 5.41) is 1.05. The van der Waals surface area contributed by atoms with E-state index in [9.17, 15) is 9.18 Å². The van der Waals surface area contributed by atoms with Crippen LogP contribution in [0.3, 0.4) is 0 Å². The highest BCUT2D eigenvalue weighted by molar-refractivity contribution is 6.06. The van der Waals surface area contributed by atoms with Crippen molar-refractivity contribution >= 4 is 22.8 Å². The first-order valence-electron chi connectivity index (χ1n) is 6.56. The number of aromatic nitrogens is 1. The van der Waals surface area contributed by atoms with Crippen molar-refractivity contribution in [3.63, 3.8) is 0 Å². The molecule has 3 heteroatoms. The Balaban J connectivity index is 1.85. The lowest BCUT2D eigenvalue weighted by Gasteiger charge is -1.99. The maximum absolute atomic E-state index is 13.1. The van der Waals surface area contributed by atoms with Crippen molar-refractivity contribution in [3.05, 3.63) is 83.8 Å². The van der Waals surface area contributed by atoms with Gasteiger partial charge in [0.25, 0.3) is 0 Å². The van der Waals surface area contributed by atoms with Gasteiger partial charge in [-0.2, -0.15) is 0 Å². The van der Waals surface area contributed by atoms with Crippen LogP contribution in [0.1, 0.15) is 16.1 Å². The largest absolute Gasteiger partial charge is 0.289 e. The average molecular weight is 277 g/mol. The van der Waals surface area contributed by atoms with E-state index in [1.807, 2.05) is 36.4 Å². The van der Waals surface area contributed by atoms with Crippen molar-refractivity contribution in [2.45, 2.75) is 0 Å². The lowest BCUT2D eigenvalue weighted by molar-refractivity contribution is 0.104. The highest BCUT2D eigenvalue weighted by Gasteiger charge is 2.03. The van der Waals surface area contributed by atoms with E-state index in [0.717, 1.165) is 10.9 Å². The summed E-state index contributed by atoms with van der Waals surface area (Å²) in [6.07, 6.45) is 3.05. The van der Waals surface area contributed by atoms with Crippen molar-refractivity contribution in [1.29, 1.82) is 0 Å². The molecule has 0 spiro atoms. The molecule has 0 bridgehead atoms. The van der Waals surface area contributed by atoms with Gasteiger partial charge in [-0.15, -0.1) is 0 Å². The average Bonchev–Trinajstić information content (AvgIpc) is 2.52.